The van der Waals surface area contributed by atoms with Crippen molar-refractivity contribution in [2.45, 2.75) is 26.2 Å². The Kier molecular flexibility index (Phi) is 6.93. The number of amides is 1. The molecule has 0 atom stereocenters. The van der Waals surface area contributed by atoms with Crippen molar-refractivity contribution in [2.24, 2.45) is 5.92 Å². The summed E-state index contributed by atoms with van der Waals surface area (Å²) in [6.07, 6.45) is 3.27. The number of carbonyl (C=O) groups is 2. The molecule has 5 rings (SSSR count). The van der Waals surface area contributed by atoms with Crippen LogP contribution < -0.4 is 9.64 Å². The molecular formula is C28H32N4O4. The molecule has 1 aromatic heterocycles. The van der Waals surface area contributed by atoms with E-state index in [1.807, 2.05) is 41.3 Å². The Bertz CT molecular complexity index is 1220. The lowest BCUT2D eigenvalue weighted by Crippen LogP contribution is -2.51. The van der Waals surface area contributed by atoms with Gasteiger partial charge >= 0.3 is 5.97 Å². The Morgan fingerprint density at radius 1 is 1.00 bits per heavy atom. The third-order valence-electron chi connectivity index (χ3n) is 7.08. The van der Waals surface area contributed by atoms with Gasteiger partial charge in [-0.15, -0.1) is 0 Å². The van der Waals surface area contributed by atoms with Gasteiger partial charge in [0.05, 0.1) is 19.4 Å². The van der Waals surface area contributed by atoms with Crippen molar-refractivity contribution in [2.75, 3.05) is 44.8 Å². The highest BCUT2D eigenvalue weighted by atomic mass is 16.5. The maximum atomic E-state index is 12.6. The van der Waals surface area contributed by atoms with Crippen molar-refractivity contribution in [3.63, 3.8) is 0 Å². The number of para-hydroxylation sites is 2. The fourth-order valence-electron chi connectivity index (χ4n) is 4.82. The van der Waals surface area contributed by atoms with Gasteiger partial charge in [0.15, 0.2) is 5.69 Å². The van der Waals surface area contributed by atoms with Gasteiger partial charge in [0.1, 0.15) is 11.4 Å². The number of piperazine rings is 1. The summed E-state index contributed by atoms with van der Waals surface area (Å²) in [4.78, 5) is 29.4. The zero-order chi connectivity index (χ0) is 25.1. The van der Waals surface area contributed by atoms with Crippen LogP contribution in [-0.4, -0.2) is 66.5 Å². The number of carbonyl (C=O) groups excluding carboxylic acids is 2. The zero-order valence-corrected chi connectivity index (χ0v) is 20.9. The molecule has 8 heteroatoms. The van der Waals surface area contributed by atoms with Gasteiger partial charge in [-0.25, -0.2) is 9.48 Å². The first-order valence-corrected chi connectivity index (χ1v) is 12.6. The van der Waals surface area contributed by atoms with Gasteiger partial charge in [0.2, 0.25) is 5.91 Å². The van der Waals surface area contributed by atoms with Gasteiger partial charge in [0.25, 0.3) is 0 Å². The molecule has 1 aliphatic carbocycles. The van der Waals surface area contributed by atoms with Crippen LogP contribution in [0.3, 0.4) is 0 Å². The number of rotatable bonds is 7. The highest BCUT2D eigenvalue weighted by Crippen LogP contribution is 2.32. The fourth-order valence-corrected chi connectivity index (χ4v) is 4.82. The molecule has 1 amide bonds. The van der Waals surface area contributed by atoms with Gasteiger partial charge in [-0.1, -0.05) is 30.7 Å². The second kappa shape index (κ2) is 10.4. The molecule has 188 valence electrons. The summed E-state index contributed by atoms with van der Waals surface area (Å²) in [5.41, 5.74) is 3.79. The normalized spacial score (nSPS) is 15.9. The van der Waals surface area contributed by atoms with Crippen molar-refractivity contribution >= 4 is 17.6 Å². The van der Waals surface area contributed by atoms with Gasteiger partial charge in [-0.3, -0.25) is 4.79 Å². The number of benzene rings is 2. The van der Waals surface area contributed by atoms with Gasteiger partial charge < -0.3 is 19.3 Å². The number of anilines is 1. The molecule has 8 nitrogen and oxygen atoms in total. The molecular weight excluding hydrogens is 456 g/mol. The third kappa shape index (κ3) is 4.67. The van der Waals surface area contributed by atoms with Crippen LogP contribution in [0.1, 0.15) is 36.7 Å². The van der Waals surface area contributed by atoms with Crippen LogP contribution in [0.5, 0.6) is 5.75 Å². The number of esters is 1. The smallest absolute Gasteiger partial charge is 0.358 e. The van der Waals surface area contributed by atoms with Crippen LogP contribution in [0.15, 0.2) is 54.6 Å². The maximum absolute atomic E-state index is 12.6. The monoisotopic (exact) mass is 488 g/mol. The summed E-state index contributed by atoms with van der Waals surface area (Å²) in [5, 5.41) is 4.56. The minimum atomic E-state index is -0.460. The molecule has 3 aromatic rings. The number of hydrogen-bond acceptors (Lipinski definition) is 6. The standard InChI is InChI=1S/C28H32N4O4/c1-3-36-28(34)23-19-25(32(29-23)24-9-4-5-10-26(24)35-2)20-11-13-22(14-12-20)30-15-17-31(18-16-30)27(33)21-7-6-8-21/h4-5,9-14,19,21H,3,6-8,15-18H2,1-2H3. The summed E-state index contributed by atoms with van der Waals surface area (Å²) in [5.74, 6) is 0.781. The van der Waals surface area contributed by atoms with Crippen molar-refractivity contribution in [1.82, 2.24) is 14.7 Å². The summed E-state index contributed by atoms with van der Waals surface area (Å²) in [6, 6.07) is 17.6. The number of ether oxygens (including phenoxy) is 2. The summed E-state index contributed by atoms with van der Waals surface area (Å²) in [6.45, 7) is 5.23. The molecule has 2 aromatic carbocycles. The van der Waals surface area contributed by atoms with Crippen molar-refractivity contribution < 1.29 is 19.1 Å². The Hall–Kier alpha value is -3.81. The van der Waals surface area contributed by atoms with Crippen molar-refractivity contribution in [3.8, 4) is 22.7 Å². The largest absolute Gasteiger partial charge is 0.494 e. The first-order valence-electron chi connectivity index (χ1n) is 12.6. The fraction of sp³-hybridized carbons (Fsp3) is 0.393. The maximum Gasteiger partial charge on any atom is 0.358 e. The van der Waals surface area contributed by atoms with Crippen LogP contribution in [0.25, 0.3) is 16.9 Å². The predicted molar refractivity (Wildman–Crippen MR) is 138 cm³/mol. The molecule has 0 unspecified atom stereocenters. The average Bonchev–Trinajstić information content (AvgIpc) is 3.33. The molecule has 2 fully saturated rings. The van der Waals surface area contributed by atoms with Crippen molar-refractivity contribution in [1.29, 1.82) is 0 Å². The second-order valence-electron chi connectivity index (χ2n) is 9.21. The lowest BCUT2D eigenvalue weighted by atomic mass is 9.84. The molecule has 1 aliphatic heterocycles. The summed E-state index contributed by atoms with van der Waals surface area (Å²) >= 11 is 0. The molecule has 0 N–H and O–H groups in total. The number of hydrogen-bond donors (Lipinski definition) is 0. The van der Waals surface area contributed by atoms with E-state index in [4.69, 9.17) is 9.47 Å². The van der Waals surface area contributed by atoms with E-state index in [1.165, 1.54) is 6.42 Å². The van der Waals surface area contributed by atoms with Gasteiger partial charge in [-0.05, 0) is 50.1 Å². The van der Waals surface area contributed by atoms with E-state index in [2.05, 4.69) is 22.1 Å². The number of methoxy groups -OCH3 is 1. The van der Waals surface area contributed by atoms with Crippen LogP contribution in [-0.2, 0) is 9.53 Å². The minimum Gasteiger partial charge on any atom is -0.494 e. The Labute approximate surface area is 211 Å². The zero-order valence-electron chi connectivity index (χ0n) is 20.9. The topological polar surface area (TPSA) is 76.9 Å². The van der Waals surface area contributed by atoms with E-state index in [9.17, 15) is 9.59 Å². The molecule has 1 saturated carbocycles. The second-order valence-corrected chi connectivity index (χ2v) is 9.21. The van der Waals surface area contributed by atoms with Crippen LogP contribution in [0, 0.1) is 5.92 Å². The van der Waals surface area contributed by atoms with E-state index in [0.717, 1.165) is 61.7 Å². The van der Waals surface area contributed by atoms with E-state index in [1.54, 1.807) is 24.8 Å². The molecule has 0 radical (unpaired) electrons. The van der Waals surface area contributed by atoms with Crippen LogP contribution >= 0.6 is 0 Å². The first-order chi connectivity index (χ1) is 17.6. The van der Waals surface area contributed by atoms with E-state index < -0.39 is 5.97 Å². The van der Waals surface area contributed by atoms with Crippen molar-refractivity contribution in [3.05, 3.63) is 60.3 Å². The molecule has 1 saturated heterocycles. The number of nitrogens with zero attached hydrogens (tertiary/aromatic N) is 4. The SMILES string of the molecule is CCOC(=O)c1cc(-c2ccc(N3CCN(C(=O)C4CCC4)CC3)cc2)n(-c2ccccc2OC)n1. The molecule has 0 spiro atoms. The Morgan fingerprint density at radius 2 is 1.72 bits per heavy atom. The summed E-state index contributed by atoms with van der Waals surface area (Å²) in [7, 11) is 1.61. The van der Waals surface area contributed by atoms with E-state index >= 15 is 0 Å². The molecule has 2 aliphatic rings. The van der Waals surface area contributed by atoms with Gasteiger partial charge in [-0.2, -0.15) is 5.10 Å². The lowest BCUT2D eigenvalue weighted by molar-refractivity contribution is -0.138. The Balaban J connectivity index is 1.38. The van der Waals surface area contributed by atoms with E-state index in [0.29, 0.717) is 11.7 Å². The predicted octanol–water partition coefficient (Wildman–Crippen LogP) is 4.17. The Morgan fingerprint density at radius 3 is 2.36 bits per heavy atom. The first kappa shape index (κ1) is 23.9. The highest BCUT2D eigenvalue weighted by Gasteiger charge is 2.31. The highest BCUT2D eigenvalue weighted by molar-refractivity contribution is 5.89. The molecule has 0 bridgehead atoms. The molecule has 36 heavy (non-hydrogen) atoms. The quantitative estimate of drug-likeness (QED) is 0.465. The van der Waals surface area contributed by atoms with E-state index in [-0.39, 0.29) is 18.2 Å². The summed E-state index contributed by atoms with van der Waals surface area (Å²) < 4.78 is 12.5. The lowest BCUT2D eigenvalue weighted by Gasteiger charge is -2.39. The average molecular weight is 489 g/mol. The van der Waals surface area contributed by atoms with Gasteiger partial charge in [0, 0.05) is 43.3 Å². The third-order valence-corrected chi connectivity index (χ3v) is 7.08. The van der Waals surface area contributed by atoms with Crippen LogP contribution in [0.4, 0.5) is 5.69 Å². The van der Waals surface area contributed by atoms with Crippen LogP contribution in [0.2, 0.25) is 0 Å². The minimum absolute atomic E-state index is 0.245. The number of aromatic nitrogens is 2. The molecule has 2 heterocycles.